The van der Waals surface area contributed by atoms with Crippen LogP contribution in [-0.4, -0.2) is 24.0 Å². The second-order valence-electron chi connectivity index (χ2n) is 4.75. The second-order valence-corrected chi connectivity index (χ2v) is 5.81. The Balaban J connectivity index is 1.88. The predicted octanol–water partition coefficient (Wildman–Crippen LogP) is 2.00. The molecule has 3 N–H and O–H groups in total. The minimum atomic E-state index is -0.496. The van der Waals surface area contributed by atoms with E-state index in [9.17, 15) is 9.59 Å². The highest BCUT2D eigenvalue weighted by molar-refractivity contribution is 7.09. The van der Waals surface area contributed by atoms with E-state index in [-0.39, 0.29) is 0 Å². The van der Waals surface area contributed by atoms with E-state index in [1.54, 1.807) is 17.4 Å². The normalized spacial score (nSPS) is 10.4. The van der Waals surface area contributed by atoms with Crippen LogP contribution >= 0.6 is 11.3 Å². The summed E-state index contributed by atoms with van der Waals surface area (Å²) in [4.78, 5) is 26.8. The Bertz CT molecular complexity index is 742. The van der Waals surface area contributed by atoms with Gasteiger partial charge in [-0.25, -0.2) is 15.2 Å². The first-order valence-electron chi connectivity index (χ1n) is 7.16. The SMILES string of the molecule is CNC(=O)NNC(=O)/C=C/c1cccc(OCc2csc(C)n2)c1. The number of aromatic nitrogens is 1. The van der Waals surface area contributed by atoms with Crippen molar-refractivity contribution >= 4 is 29.4 Å². The van der Waals surface area contributed by atoms with Gasteiger partial charge in [0.1, 0.15) is 12.4 Å². The van der Waals surface area contributed by atoms with Crippen molar-refractivity contribution in [2.45, 2.75) is 13.5 Å². The maximum absolute atomic E-state index is 11.6. The molecule has 0 saturated heterocycles. The van der Waals surface area contributed by atoms with Gasteiger partial charge in [0.2, 0.25) is 0 Å². The summed E-state index contributed by atoms with van der Waals surface area (Å²) in [5.74, 6) is 0.245. The molecule has 1 heterocycles. The van der Waals surface area contributed by atoms with Crippen molar-refractivity contribution in [3.63, 3.8) is 0 Å². The average molecular weight is 346 g/mol. The molecule has 2 aromatic rings. The van der Waals surface area contributed by atoms with Crippen LogP contribution in [0.1, 0.15) is 16.3 Å². The molecule has 0 fully saturated rings. The number of nitrogens with one attached hydrogen (secondary N) is 3. The molecule has 0 spiro atoms. The first-order valence-corrected chi connectivity index (χ1v) is 8.04. The van der Waals surface area contributed by atoms with Gasteiger partial charge in [0.25, 0.3) is 5.91 Å². The number of urea groups is 1. The molecule has 0 bridgehead atoms. The predicted molar refractivity (Wildman–Crippen MR) is 92.4 cm³/mol. The standard InChI is InChI=1S/C16H18N4O3S/c1-11-18-13(10-24-11)9-23-14-5-3-4-12(8-14)6-7-15(21)19-20-16(22)17-2/h3-8,10H,9H2,1-2H3,(H,19,21)(H2,17,20,22)/b7-6+. The number of amides is 3. The monoisotopic (exact) mass is 346 g/mol. The lowest BCUT2D eigenvalue weighted by molar-refractivity contribution is -0.117. The van der Waals surface area contributed by atoms with E-state index < -0.39 is 11.9 Å². The van der Waals surface area contributed by atoms with Crippen molar-refractivity contribution in [3.8, 4) is 5.75 Å². The number of hydrazine groups is 1. The summed E-state index contributed by atoms with van der Waals surface area (Å²) in [5.41, 5.74) is 6.12. The number of carbonyl (C=O) groups excluding carboxylic acids is 2. The minimum Gasteiger partial charge on any atom is -0.487 e. The summed E-state index contributed by atoms with van der Waals surface area (Å²) in [6, 6.07) is 6.83. The minimum absolute atomic E-state index is 0.397. The Labute approximate surface area is 143 Å². The molecule has 0 aliphatic carbocycles. The molecular formula is C16H18N4O3S. The van der Waals surface area contributed by atoms with Gasteiger partial charge in [-0.1, -0.05) is 12.1 Å². The molecule has 24 heavy (non-hydrogen) atoms. The van der Waals surface area contributed by atoms with E-state index in [0.717, 1.165) is 16.3 Å². The van der Waals surface area contributed by atoms with Crippen molar-refractivity contribution in [2.75, 3.05) is 7.05 Å². The van der Waals surface area contributed by atoms with Gasteiger partial charge < -0.3 is 10.1 Å². The molecule has 0 aliphatic rings. The number of nitrogens with zero attached hydrogens (tertiary/aromatic N) is 1. The van der Waals surface area contributed by atoms with Gasteiger partial charge in [0.15, 0.2) is 0 Å². The number of hydrogen-bond donors (Lipinski definition) is 3. The summed E-state index contributed by atoms with van der Waals surface area (Å²) in [7, 11) is 1.45. The third-order valence-electron chi connectivity index (χ3n) is 2.86. The molecule has 7 nitrogen and oxygen atoms in total. The van der Waals surface area contributed by atoms with Gasteiger partial charge in [-0.2, -0.15) is 0 Å². The van der Waals surface area contributed by atoms with E-state index in [2.05, 4.69) is 21.2 Å². The van der Waals surface area contributed by atoms with Gasteiger partial charge in [-0.15, -0.1) is 11.3 Å². The molecule has 8 heteroatoms. The van der Waals surface area contributed by atoms with E-state index in [4.69, 9.17) is 4.74 Å². The van der Waals surface area contributed by atoms with Crippen LogP contribution in [0.25, 0.3) is 6.08 Å². The van der Waals surface area contributed by atoms with Crippen molar-refractivity contribution in [3.05, 3.63) is 52.0 Å². The fourth-order valence-electron chi connectivity index (χ4n) is 1.73. The second kappa shape index (κ2) is 8.68. The van der Waals surface area contributed by atoms with Crippen LogP contribution in [0.5, 0.6) is 5.75 Å². The van der Waals surface area contributed by atoms with Gasteiger partial charge in [0.05, 0.1) is 10.7 Å². The molecular weight excluding hydrogens is 328 g/mol. The van der Waals surface area contributed by atoms with Crippen molar-refractivity contribution in [1.82, 2.24) is 21.2 Å². The molecule has 2 rings (SSSR count). The summed E-state index contributed by atoms with van der Waals surface area (Å²) in [6.07, 6.45) is 2.94. The third-order valence-corrected chi connectivity index (χ3v) is 3.69. The number of benzene rings is 1. The summed E-state index contributed by atoms with van der Waals surface area (Å²) >= 11 is 1.58. The van der Waals surface area contributed by atoms with Crippen molar-refractivity contribution < 1.29 is 14.3 Å². The summed E-state index contributed by atoms with van der Waals surface area (Å²) in [5, 5.41) is 5.28. The molecule has 0 aliphatic heterocycles. The first kappa shape index (κ1) is 17.5. The molecule has 0 radical (unpaired) electrons. The fraction of sp³-hybridized carbons (Fsp3) is 0.188. The lowest BCUT2D eigenvalue weighted by Crippen LogP contribution is -2.45. The van der Waals surface area contributed by atoms with E-state index in [1.165, 1.54) is 13.1 Å². The largest absolute Gasteiger partial charge is 0.487 e. The number of hydrogen-bond acceptors (Lipinski definition) is 5. The van der Waals surface area contributed by atoms with Gasteiger partial charge >= 0.3 is 6.03 Å². The fourth-order valence-corrected chi connectivity index (χ4v) is 2.33. The van der Waals surface area contributed by atoms with E-state index in [1.807, 2.05) is 36.6 Å². The van der Waals surface area contributed by atoms with Crippen LogP contribution in [0.4, 0.5) is 4.79 Å². The maximum atomic E-state index is 11.6. The quantitative estimate of drug-likeness (QED) is 0.570. The van der Waals surface area contributed by atoms with Crippen LogP contribution in [0, 0.1) is 6.92 Å². The van der Waals surface area contributed by atoms with Crippen LogP contribution < -0.4 is 20.9 Å². The Morgan fingerprint density at radius 2 is 2.17 bits per heavy atom. The Kier molecular flexibility index (Phi) is 6.32. The smallest absolute Gasteiger partial charge is 0.333 e. The number of aryl methyl sites for hydroxylation is 1. The summed E-state index contributed by atoms with van der Waals surface area (Å²) in [6.45, 7) is 2.34. The van der Waals surface area contributed by atoms with Crippen LogP contribution in [0.15, 0.2) is 35.7 Å². The number of ether oxygens (including phenoxy) is 1. The van der Waals surface area contributed by atoms with Gasteiger partial charge in [0, 0.05) is 18.5 Å². The first-order chi connectivity index (χ1) is 11.6. The Morgan fingerprint density at radius 3 is 2.88 bits per heavy atom. The third kappa shape index (κ3) is 5.73. The lowest BCUT2D eigenvalue weighted by atomic mass is 10.2. The number of thiazole rings is 1. The summed E-state index contributed by atoms with van der Waals surface area (Å²) < 4.78 is 5.69. The van der Waals surface area contributed by atoms with Gasteiger partial charge in [-0.05, 0) is 30.7 Å². The lowest BCUT2D eigenvalue weighted by Gasteiger charge is -2.05. The highest BCUT2D eigenvalue weighted by Gasteiger charge is 2.01. The topological polar surface area (TPSA) is 92.4 Å². The van der Waals surface area contributed by atoms with Gasteiger partial charge in [-0.3, -0.25) is 10.2 Å². The number of carbonyl (C=O) groups is 2. The Hall–Kier alpha value is -2.87. The average Bonchev–Trinajstić information content (AvgIpc) is 3.01. The highest BCUT2D eigenvalue weighted by Crippen LogP contribution is 2.17. The number of rotatable bonds is 5. The Morgan fingerprint density at radius 1 is 1.33 bits per heavy atom. The maximum Gasteiger partial charge on any atom is 0.333 e. The van der Waals surface area contributed by atoms with Crippen LogP contribution in [0.3, 0.4) is 0 Å². The highest BCUT2D eigenvalue weighted by atomic mass is 32.1. The molecule has 126 valence electrons. The zero-order valence-electron chi connectivity index (χ0n) is 13.3. The molecule has 1 aromatic heterocycles. The molecule has 0 saturated carbocycles. The zero-order valence-corrected chi connectivity index (χ0v) is 14.1. The van der Waals surface area contributed by atoms with Crippen molar-refractivity contribution in [1.29, 1.82) is 0 Å². The van der Waals surface area contributed by atoms with Crippen LogP contribution in [0.2, 0.25) is 0 Å². The molecule has 3 amide bonds. The molecule has 0 atom stereocenters. The zero-order chi connectivity index (χ0) is 17.4. The van der Waals surface area contributed by atoms with E-state index >= 15 is 0 Å². The molecule has 1 aromatic carbocycles. The van der Waals surface area contributed by atoms with E-state index in [0.29, 0.717) is 12.4 Å². The van der Waals surface area contributed by atoms with Crippen LogP contribution in [-0.2, 0) is 11.4 Å². The van der Waals surface area contributed by atoms with Crippen molar-refractivity contribution in [2.24, 2.45) is 0 Å². The molecule has 0 unspecified atom stereocenters.